The minimum atomic E-state index is -0.856. The summed E-state index contributed by atoms with van der Waals surface area (Å²) in [6.45, 7) is 4.60. The molecule has 1 aromatic heterocycles. The van der Waals surface area contributed by atoms with Gasteiger partial charge >= 0.3 is 0 Å². The Bertz CT molecular complexity index is 576. The number of aromatic nitrogens is 2. The van der Waals surface area contributed by atoms with Gasteiger partial charge in [0.1, 0.15) is 0 Å². The lowest BCUT2D eigenvalue weighted by atomic mass is 10.2. The quantitative estimate of drug-likeness (QED) is 0.903. The fourth-order valence-electron chi connectivity index (χ4n) is 1.86. The second-order valence-corrected chi connectivity index (χ2v) is 6.13. The fourth-order valence-corrected chi connectivity index (χ4v) is 2.22. The van der Waals surface area contributed by atoms with E-state index in [-0.39, 0.29) is 5.25 Å². The molecule has 2 aromatic rings. The molecule has 17 heavy (non-hydrogen) atoms. The van der Waals surface area contributed by atoms with Crippen LogP contribution in [-0.2, 0) is 17.3 Å². The maximum absolute atomic E-state index is 11.4. The van der Waals surface area contributed by atoms with Gasteiger partial charge in [0.05, 0.1) is 11.0 Å². The van der Waals surface area contributed by atoms with Crippen LogP contribution in [0, 0.1) is 6.92 Å². The number of imidazole rings is 1. The first-order chi connectivity index (χ1) is 8.00. The Morgan fingerprint density at radius 3 is 2.88 bits per heavy atom. The van der Waals surface area contributed by atoms with Gasteiger partial charge in [-0.15, -0.1) is 0 Å². The average Bonchev–Trinajstić information content (AvgIpc) is 2.58. The molecule has 0 fully saturated rings. The first-order valence-electron chi connectivity index (χ1n) is 5.54. The number of anilines is 1. The van der Waals surface area contributed by atoms with Crippen LogP contribution >= 0.6 is 0 Å². The molecule has 2 atom stereocenters. The van der Waals surface area contributed by atoms with Crippen LogP contribution in [0.4, 0.5) is 5.95 Å². The number of aryl methyl sites for hydroxylation is 1. The molecular weight excluding hydrogens is 234 g/mol. The topological polar surface area (TPSA) is 60.9 Å². The van der Waals surface area contributed by atoms with Crippen molar-refractivity contribution in [2.24, 2.45) is 0 Å². The van der Waals surface area contributed by atoms with Crippen molar-refractivity contribution in [3.63, 3.8) is 0 Å². The van der Waals surface area contributed by atoms with Crippen molar-refractivity contribution >= 4 is 27.8 Å². The first kappa shape index (κ1) is 12.1. The number of para-hydroxylation sites is 1. The van der Waals surface area contributed by atoms with E-state index in [9.17, 15) is 4.21 Å². The highest BCUT2D eigenvalue weighted by atomic mass is 32.2. The minimum Gasteiger partial charge on any atom is -0.369 e. The van der Waals surface area contributed by atoms with Gasteiger partial charge in [0, 0.05) is 28.9 Å². The molecule has 0 aliphatic rings. The summed E-state index contributed by atoms with van der Waals surface area (Å²) in [5, 5.41) is 0.0650. The third kappa shape index (κ3) is 2.20. The summed E-state index contributed by atoms with van der Waals surface area (Å²) in [5.74, 6) is 0.492. The molecule has 2 rings (SSSR count). The van der Waals surface area contributed by atoms with E-state index in [1.807, 2.05) is 36.6 Å². The standard InChI is InChI=1S/C12H17N3OS/c1-8-5-4-6-10-11(8)14-12(13)15(10)7-9(2)17(3)16/h4-6,9H,7H2,1-3H3,(H2,13,14). The summed E-state index contributed by atoms with van der Waals surface area (Å²) in [6.07, 6.45) is 1.71. The molecule has 0 aliphatic carbocycles. The third-order valence-corrected chi connectivity index (χ3v) is 4.30. The second kappa shape index (κ2) is 4.49. The zero-order chi connectivity index (χ0) is 12.6. The van der Waals surface area contributed by atoms with Crippen molar-refractivity contribution in [1.29, 1.82) is 0 Å². The van der Waals surface area contributed by atoms with E-state index in [0.29, 0.717) is 12.5 Å². The van der Waals surface area contributed by atoms with Crippen LogP contribution in [-0.4, -0.2) is 25.3 Å². The molecule has 0 saturated heterocycles. The van der Waals surface area contributed by atoms with Gasteiger partial charge in [0.2, 0.25) is 5.95 Å². The molecular formula is C12H17N3OS. The highest BCUT2D eigenvalue weighted by molar-refractivity contribution is 7.84. The lowest BCUT2D eigenvalue weighted by Crippen LogP contribution is -2.18. The Hall–Kier alpha value is -1.36. The molecule has 92 valence electrons. The molecule has 2 N–H and O–H groups in total. The molecule has 1 heterocycles. The van der Waals surface area contributed by atoms with E-state index in [4.69, 9.17) is 5.73 Å². The van der Waals surface area contributed by atoms with Gasteiger partial charge in [-0.2, -0.15) is 0 Å². The number of hydrogen-bond donors (Lipinski definition) is 1. The summed E-state index contributed by atoms with van der Waals surface area (Å²) in [4.78, 5) is 4.37. The van der Waals surface area contributed by atoms with Crippen LogP contribution in [0.25, 0.3) is 11.0 Å². The molecule has 4 nitrogen and oxygen atoms in total. The maximum Gasteiger partial charge on any atom is 0.201 e. The molecule has 0 aliphatic heterocycles. The van der Waals surface area contributed by atoms with Gasteiger partial charge in [-0.25, -0.2) is 4.98 Å². The smallest absolute Gasteiger partial charge is 0.201 e. The van der Waals surface area contributed by atoms with Crippen LogP contribution in [0.2, 0.25) is 0 Å². The highest BCUT2D eigenvalue weighted by Gasteiger charge is 2.14. The molecule has 1 aromatic carbocycles. The van der Waals surface area contributed by atoms with Gasteiger partial charge in [-0.05, 0) is 25.5 Å². The zero-order valence-corrected chi connectivity index (χ0v) is 11.1. The summed E-state index contributed by atoms with van der Waals surface area (Å²) in [7, 11) is -0.856. The van der Waals surface area contributed by atoms with Crippen LogP contribution in [0.15, 0.2) is 18.2 Å². The van der Waals surface area contributed by atoms with Crippen LogP contribution in [0.1, 0.15) is 12.5 Å². The average molecular weight is 251 g/mol. The largest absolute Gasteiger partial charge is 0.369 e. The van der Waals surface area contributed by atoms with Crippen molar-refractivity contribution in [3.8, 4) is 0 Å². The summed E-state index contributed by atoms with van der Waals surface area (Å²) < 4.78 is 13.4. The number of nitrogens with zero attached hydrogens (tertiary/aromatic N) is 2. The third-order valence-electron chi connectivity index (χ3n) is 3.02. The Balaban J connectivity index is 2.50. The molecule has 0 amide bonds. The van der Waals surface area contributed by atoms with Crippen molar-refractivity contribution < 1.29 is 4.21 Å². The van der Waals surface area contributed by atoms with Crippen molar-refractivity contribution in [1.82, 2.24) is 9.55 Å². The van der Waals surface area contributed by atoms with E-state index in [1.165, 1.54) is 0 Å². The van der Waals surface area contributed by atoms with Crippen LogP contribution in [0.3, 0.4) is 0 Å². The highest BCUT2D eigenvalue weighted by Crippen LogP contribution is 2.21. The predicted molar refractivity (Wildman–Crippen MR) is 72.4 cm³/mol. The Kier molecular flexibility index (Phi) is 3.19. The molecule has 5 heteroatoms. The molecule has 0 radical (unpaired) electrons. The van der Waals surface area contributed by atoms with Gasteiger partial charge in [-0.1, -0.05) is 12.1 Å². The SMILES string of the molecule is Cc1cccc2c1nc(N)n2CC(C)S(C)=O. The van der Waals surface area contributed by atoms with Crippen LogP contribution in [0.5, 0.6) is 0 Å². The Morgan fingerprint density at radius 1 is 1.53 bits per heavy atom. The number of nitrogens with two attached hydrogens (primary N) is 1. The van der Waals surface area contributed by atoms with E-state index in [1.54, 1.807) is 6.26 Å². The van der Waals surface area contributed by atoms with E-state index in [2.05, 4.69) is 4.98 Å². The Labute approximate surface area is 103 Å². The van der Waals surface area contributed by atoms with Gasteiger partial charge < -0.3 is 10.3 Å². The number of nitrogen functional groups attached to an aromatic ring is 1. The molecule has 2 unspecified atom stereocenters. The van der Waals surface area contributed by atoms with E-state index >= 15 is 0 Å². The minimum absolute atomic E-state index is 0.0650. The van der Waals surface area contributed by atoms with E-state index in [0.717, 1.165) is 16.6 Å². The van der Waals surface area contributed by atoms with Crippen LogP contribution < -0.4 is 5.73 Å². The molecule has 0 spiro atoms. The van der Waals surface area contributed by atoms with Gasteiger partial charge in [-0.3, -0.25) is 4.21 Å². The van der Waals surface area contributed by atoms with Crippen molar-refractivity contribution in [2.45, 2.75) is 25.6 Å². The summed E-state index contributed by atoms with van der Waals surface area (Å²) in [5.41, 5.74) is 8.98. The first-order valence-corrected chi connectivity index (χ1v) is 7.16. The second-order valence-electron chi connectivity index (χ2n) is 4.33. The monoisotopic (exact) mass is 251 g/mol. The maximum atomic E-state index is 11.4. The lowest BCUT2D eigenvalue weighted by Gasteiger charge is -2.11. The number of rotatable bonds is 3. The van der Waals surface area contributed by atoms with Crippen molar-refractivity contribution in [2.75, 3.05) is 12.0 Å². The van der Waals surface area contributed by atoms with E-state index < -0.39 is 10.8 Å². The predicted octanol–water partition coefficient (Wildman–Crippen LogP) is 1.69. The van der Waals surface area contributed by atoms with Gasteiger partial charge in [0.15, 0.2) is 0 Å². The lowest BCUT2D eigenvalue weighted by molar-refractivity contribution is 0.653. The van der Waals surface area contributed by atoms with Gasteiger partial charge in [0.25, 0.3) is 0 Å². The normalized spacial score (nSPS) is 15.0. The fraction of sp³-hybridized carbons (Fsp3) is 0.417. The zero-order valence-electron chi connectivity index (χ0n) is 10.3. The summed E-state index contributed by atoms with van der Waals surface area (Å²) in [6, 6.07) is 6.00. The molecule has 0 saturated carbocycles. The Morgan fingerprint density at radius 2 is 2.24 bits per heavy atom. The molecule has 0 bridgehead atoms. The van der Waals surface area contributed by atoms with Crippen molar-refractivity contribution in [3.05, 3.63) is 23.8 Å². The summed E-state index contributed by atoms with van der Waals surface area (Å²) >= 11 is 0. The number of fused-ring (bicyclic) bond motifs is 1. The number of benzene rings is 1. The number of hydrogen-bond acceptors (Lipinski definition) is 3.